The number of nitrogens with two attached hydrogens (primary N) is 1. The van der Waals surface area contributed by atoms with Gasteiger partial charge in [0.05, 0.1) is 5.02 Å². The Morgan fingerprint density at radius 1 is 1.55 bits per heavy atom. The maximum atomic E-state index is 12.3. The van der Waals surface area contributed by atoms with E-state index in [0.717, 1.165) is 13.0 Å². The van der Waals surface area contributed by atoms with Crippen molar-refractivity contribution in [3.63, 3.8) is 0 Å². The molecule has 1 amide bonds. The molecule has 1 aliphatic heterocycles. The Kier molecular flexibility index (Phi) is 5.13. The predicted molar refractivity (Wildman–Crippen MR) is 80.3 cm³/mol. The van der Waals surface area contributed by atoms with Crippen molar-refractivity contribution in [2.24, 2.45) is 11.7 Å². The number of carbonyl (C=O) groups is 1. The lowest BCUT2D eigenvalue weighted by Gasteiger charge is -2.22. The van der Waals surface area contributed by atoms with Crippen LogP contribution >= 0.6 is 23.2 Å². The number of hydrogen-bond donors (Lipinski definition) is 1. The fraction of sp³-hybridized carbons (Fsp3) is 0.500. The molecule has 0 saturated carbocycles. The van der Waals surface area contributed by atoms with Crippen LogP contribution in [-0.2, 0) is 4.79 Å². The average Bonchev–Trinajstić information content (AvgIpc) is 2.91. The molecule has 0 radical (unpaired) electrons. The van der Waals surface area contributed by atoms with Gasteiger partial charge >= 0.3 is 0 Å². The Morgan fingerprint density at radius 2 is 2.30 bits per heavy atom. The zero-order valence-corrected chi connectivity index (χ0v) is 12.8. The average molecular weight is 317 g/mol. The first kappa shape index (κ1) is 15.4. The van der Waals surface area contributed by atoms with Gasteiger partial charge < -0.3 is 15.4 Å². The molecule has 20 heavy (non-hydrogen) atoms. The zero-order valence-electron chi connectivity index (χ0n) is 11.3. The minimum Gasteiger partial charge on any atom is -0.479 e. The van der Waals surface area contributed by atoms with Gasteiger partial charge in [-0.3, -0.25) is 4.79 Å². The van der Waals surface area contributed by atoms with Gasteiger partial charge in [-0.2, -0.15) is 0 Å². The Morgan fingerprint density at radius 3 is 2.95 bits per heavy atom. The lowest BCUT2D eigenvalue weighted by atomic mass is 10.1. The predicted octanol–water partition coefficient (Wildman–Crippen LogP) is 2.57. The number of ether oxygens (including phenoxy) is 1. The molecule has 1 aliphatic rings. The number of rotatable bonds is 4. The first-order chi connectivity index (χ1) is 9.52. The third-order valence-electron chi connectivity index (χ3n) is 3.50. The second kappa shape index (κ2) is 6.66. The van der Waals surface area contributed by atoms with Crippen molar-refractivity contribution >= 4 is 29.1 Å². The summed E-state index contributed by atoms with van der Waals surface area (Å²) in [7, 11) is 0. The van der Waals surface area contributed by atoms with Crippen molar-refractivity contribution in [1.82, 2.24) is 4.90 Å². The number of likely N-dealkylation sites (tertiary alicyclic amines) is 1. The highest BCUT2D eigenvalue weighted by molar-refractivity contribution is 6.42. The molecular weight excluding hydrogens is 299 g/mol. The van der Waals surface area contributed by atoms with Crippen LogP contribution in [0.5, 0.6) is 5.75 Å². The van der Waals surface area contributed by atoms with Gasteiger partial charge in [-0.25, -0.2) is 0 Å². The topological polar surface area (TPSA) is 55.6 Å². The number of benzene rings is 1. The molecule has 1 aromatic carbocycles. The summed E-state index contributed by atoms with van der Waals surface area (Å²) in [6, 6.07) is 5.11. The van der Waals surface area contributed by atoms with E-state index >= 15 is 0 Å². The van der Waals surface area contributed by atoms with Crippen LogP contribution in [0.3, 0.4) is 0 Å². The van der Waals surface area contributed by atoms with Crippen LogP contribution in [0.15, 0.2) is 18.2 Å². The van der Waals surface area contributed by atoms with Gasteiger partial charge in [-0.05, 0) is 37.9 Å². The van der Waals surface area contributed by atoms with Crippen LogP contribution in [0, 0.1) is 5.92 Å². The van der Waals surface area contributed by atoms with Crippen molar-refractivity contribution < 1.29 is 9.53 Å². The maximum absolute atomic E-state index is 12.3. The largest absolute Gasteiger partial charge is 0.479 e. The van der Waals surface area contributed by atoms with Crippen LogP contribution in [0.2, 0.25) is 10.0 Å². The number of nitrogens with zero attached hydrogens (tertiary/aromatic N) is 1. The summed E-state index contributed by atoms with van der Waals surface area (Å²) in [4.78, 5) is 14.1. The summed E-state index contributed by atoms with van der Waals surface area (Å²) < 4.78 is 5.63. The van der Waals surface area contributed by atoms with E-state index in [4.69, 9.17) is 33.7 Å². The van der Waals surface area contributed by atoms with Gasteiger partial charge in [0.25, 0.3) is 5.91 Å². The van der Waals surface area contributed by atoms with Gasteiger partial charge in [0.2, 0.25) is 0 Å². The van der Waals surface area contributed by atoms with Crippen molar-refractivity contribution in [2.45, 2.75) is 19.4 Å². The second-order valence-corrected chi connectivity index (χ2v) is 5.77. The van der Waals surface area contributed by atoms with Gasteiger partial charge in [-0.1, -0.05) is 29.3 Å². The monoisotopic (exact) mass is 316 g/mol. The molecule has 110 valence electrons. The van der Waals surface area contributed by atoms with E-state index in [1.807, 2.05) is 0 Å². The lowest BCUT2D eigenvalue weighted by Crippen LogP contribution is -2.39. The molecule has 2 rings (SSSR count). The molecule has 0 bridgehead atoms. The van der Waals surface area contributed by atoms with Crippen molar-refractivity contribution in [2.75, 3.05) is 19.6 Å². The summed E-state index contributed by atoms with van der Waals surface area (Å²) in [6.07, 6.45) is 0.356. The van der Waals surface area contributed by atoms with Crippen molar-refractivity contribution in [1.29, 1.82) is 0 Å². The Bertz CT molecular complexity index is 496. The minimum absolute atomic E-state index is 0.0445. The Hall–Kier alpha value is -0.970. The number of amides is 1. The number of hydrogen-bond acceptors (Lipinski definition) is 3. The molecule has 6 heteroatoms. The smallest absolute Gasteiger partial charge is 0.263 e. The fourth-order valence-electron chi connectivity index (χ4n) is 2.30. The fourth-order valence-corrected chi connectivity index (χ4v) is 2.63. The van der Waals surface area contributed by atoms with Gasteiger partial charge in [0, 0.05) is 13.1 Å². The van der Waals surface area contributed by atoms with E-state index in [1.165, 1.54) is 0 Å². The summed E-state index contributed by atoms with van der Waals surface area (Å²) in [5, 5.41) is 0.739. The zero-order chi connectivity index (χ0) is 14.7. The lowest BCUT2D eigenvalue weighted by molar-refractivity contribution is -0.136. The highest BCUT2D eigenvalue weighted by atomic mass is 35.5. The van der Waals surface area contributed by atoms with Crippen molar-refractivity contribution in [3.05, 3.63) is 28.2 Å². The third-order valence-corrected chi connectivity index (χ3v) is 4.30. The SMILES string of the molecule is C[C@H](Oc1cccc(Cl)c1Cl)C(=O)N1CC[C@H](CN)C1. The van der Waals surface area contributed by atoms with Crippen LogP contribution < -0.4 is 10.5 Å². The van der Waals surface area contributed by atoms with E-state index in [9.17, 15) is 4.79 Å². The van der Waals surface area contributed by atoms with E-state index in [1.54, 1.807) is 30.0 Å². The van der Waals surface area contributed by atoms with Crippen LogP contribution in [-0.4, -0.2) is 36.5 Å². The number of carbonyl (C=O) groups excluding carboxylic acids is 1. The normalized spacial score (nSPS) is 20.0. The third kappa shape index (κ3) is 3.37. The number of halogens is 2. The molecule has 2 atom stereocenters. The highest BCUT2D eigenvalue weighted by Crippen LogP contribution is 2.32. The summed E-state index contributed by atoms with van der Waals surface area (Å²) in [5.41, 5.74) is 5.63. The van der Waals surface area contributed by atoms with Gasteiger partial charge in [-0.15, -0.1) is 0 Å². The molecule has 0 spiro atoms. The quantitative estimate of drug-likeness (QED) is 0.928. The molecule has 1 fully saturated rings. The molecule has 2 N–H and O–H groups in total. The second-order valence-electron chi connectivity index (χ2n) is 4.99. The molecule has 4 nitrogen and oxygen atoms in total. The first-order valence-corrected chi connectivity index (χ1v) is 7.38. The minimum atomic E-state index is -0.595. The van der Waals surface area contributed by atoms with Gasteiger partial charge in [0.1, 0.15) is 10.8 Å². The van der Waals surface area contributed by atoms with E-state index in [0.29, 0.717) is 34.8 Å². The van der Waals surface area contributed by atoms with E-state index < -0.39 is 6.10 Å². The van der Waals surface area contributed by atoms with E-state index in [-0.39, 0.29) is 5.91 Å². The first-order valence-electron chi connectivity index (χ1n) is 6.62. The molecule has 0 unspecified atom stereocenters. The molecular formula is C14H18Cl2N2O2. The molecule has 0 aliphatic carbocycles. The Balaban J connectivity index is 1.99. The summed E-state index contributed by atoms with van der Waals surface area (Å²) in [5.74, 6) is 0.771. The highest BCUT2D eigenvalue weighted by Gasteiger charge is 2.29. The van der Waals surface area contributed by atoms with Gasteiger partial charge in [0.15, 0.2) is 6.10 Å². The van der Waals surface area contributed by atoms with Crippen LogP contribution in [0.4, 0.5) is 0 Å². The van der Waals surface area contributed by atoms with Crippen molar-refractivity contribution in [3.8, 4) is 5.75 Å². The summed E-state index contributed by atoms with van der Waals surface area (Å²) in [6.45, 7) is 3.76. The molecule has 1 aromatic rings. The Labute approximate surface area is 128 Å². The summed E-state index contributed by atoms with van der Waals surface area (Å²) >= 11 is 12.0. The van der Waals surface area contributed by atoms with Crippen LogP contribution in [0.1, 0.15) is 13.3 Å². The molecule has 0 aromatic heterocycles. The molecule has 1 saturated heterocycles. The maximum Gasteiger partial charge on any atom is 0.263 e. The van der Waals surface area contributed by atoms with E-state index in [2.05, 4.69) is 0 Å². The molecule has 1 heterocycles. The van der Waals surface area contributed by atoms with Crippen LogP contribution in [0.25, 0.3) is 0 Å². The standard InChI is InChI=1S/C14H18Cl2N2O2/c1-9(14(19)18-6-5-10(7-17)8-18)20-12-4-2-3-11(15)13(12)16/h2-4,9-10H,5-8,17H2,1H3/t9-,10+/m0/s1.